The largest absolute Gasteiger partial charge is 0.497 e. The van der Waals surface area contributed by atoms with Gasteiger partial charge in [0.2, 0.25) is 0 Å². The Hall–Kier alpha value is -2.34. The molecule has 1 amide bonds. The molecule has 0 saturated carbocycles. The number of benzene rings is 1. The Kier molecular flexibility index (Phi) is 3.62. The second kappa shape index (κ2) is 5.57. The number of carbonyl (C=O) groups excluding carboxylic acids is 1. The molecule has 0 atom stereocenters. The van der Waals surface area contributed by atoms with Gasteiger partial charge in [-0.05, 0) is 12.1 Å². The number of morpholine rings is 1. The predicted octanol–water partition coefficient (Wildman–Crippen LogP) is 1.27. The van der Waals surface area contributed by atoms with E-state index >= 15 is 0 Å². The fourth-order valence-electron chi connectivity index (χ4n) is 2.29. The highest BCUT2D eigenvalue weighted by Crippen LogP contribution is 2.20. The van der Waals surface area contributed by atoms with Crippen LogP contribution in [0.5, 0.6) is 5.75 Å². The molecule has 3 rings (SSSR count). The molecule has 6 heteroatoms. The standard InChI is InChI=1S/C15H15NO5/c1-19-10-2-3-11-12(17)9-14(21-13(11)8-10)15(18)16-4-6-20-7-5-16/h2-3,8-9H,4-7H2,1H3. The van der Waals surface area contributed by atoms with Crippen molar-refractivity contribution in [3.8, 4) is 5.75 Å². The average molecular weight is 289 g/mol. The predicted molar refractivity (Wildman–Crippen MR) is 75.8 cm³/mol. The number of methoxy groups -OCH3 is 1. The lowest BCUT2D eigenvalue weighted by Crippen LogP contribution is -2.40. The first-order valence-electron chi connectivity index (χ1n) is 6.68. The Morgan fingerprint density at radius 1 is 1.24 bits per heavy atom. The van der Waals surface area contributed by atoms with Crippen LogP contribution in [0.4, 0.5) is 0 Å². The number of rotatable bonds is 2. The van der Waals surface area contributed by atoms with E-state index in [1.807, 2.05) is 0 Å². The third-order valence-corrected chi connectivity index (χ3v) is 3.45. The topological polar surface area (TPSA) is 69.0 Å². The Morgan fingerprint density at radius 2 is 2.00 bits per heavy atom. The molecule has 1 aliphatic rings. The van der Waals surface area contributed by atoms with E-state index in [4.69, 9.17) is 13.9 Å². The molecule has 1 aromatic carbocycles. The van der Waals surface area contributed by atoms with Crippen LogP contribution in [0.15, 0.2) is 33.5 Å². The van der Waals surface area contributed by atoms with Gasteiger partial charge in [0.25, 0.3) is 5.91 Å². The van der Waals surface area contributed by atoms with Crippen LogP contribution in [0.1, 0.15) is 10.6 Å². The van der Waals surface area contributed by atoms with Crippen molar-refractivity contribution < 1.29 is 18.7 Å². The lowest BCUT2D eigenvalue weighted by Gasteiger charge is -2.26. The maximum atomic E-state index is 12.4. The van der Waals surface area contributed by atoms with Crippen molar-refractivity contribution in [2.24, 2.45) is 0 Å². The Morgan fingerprint density at radius 3 is 2.71 bits per heavy atom. The van der Waals surface area contributed by atoms with E-state index in [1.165, 1.54) is 13.2 Å². The molecule has 2 aromatic rings. The van der Waals surface area contributed by atoms with Gasteiger partial charge in [0.15, 0.2) is 11.2 Å². The van der Waals surface area contributed by atoms with Crippen molar-refractivity contribution in [3.05, 3.63) is 40.2 Å². The zero-order valence-corrected chi connectivity index (χ0v) is 11.6. The third kappa shape index (κ3) is 2.62. The molecule has 0 radical (unpaired) electrons. The average Bonchev–Trinajstić information content (AvgIpc) is 2.54. The molecule has 1 aliphatic heterocycles. The van der Waals surface area contributed by atoms with Gasteiger partial charge in [0, 0.05) is 25.2 Å². The van der Waals surface area contributed by atoms with Crippen LogP contribution in [0, 0.1) is 0 Å². The van der Waals surface area contributed by atoms with Gasteiger partial charge in [-0.3, -0.25) is 9.59 Å². The summed E-state index contributed by atoms with van der Waals surface area (Å²) >= 11 is 0. The lowest BCUT2D eigenvalue weighted by molar-refractivity contribution is 0.0283. The van der Waals surface area contributed by atoms with E-state index in [9.17, 15) is 9.59 Å². The molecule has 0 aliphatic carbocycles. The maximum Gasteiger partial charge on any atom is 0.289 e. The number of hydrogen-bond donors (Lipinski definition) is 0. The molecule has 1 fully saturated rings. The van der Waals surface area contributed by atoms with Crippen molar-refractivity contribution in [2.75, 3.05) is 33.4 Å². The number of hydrogen-bond acceptors (Lipinski definition) is 5. The van der Waals surface area contributed by atoms with E-state index in [2.05, 4.69) is 0 Å². The molecule has 6 nitrogen and oxygen atoms in total. The zero-order valence-electron chi connectivity index (χ0n) is 11.6. The van der Waals surface area contributed by atoms with E-state index in [-0.39, 0.29) is 17.1 Å². The summed E-state index contributed by atoms with van der Waals surface area (Å²) in [6, 6.07) is 6.16. The summed E-state index contributed by atoms with van der Waals surface area (Å²) in [5, 5.41) is 0.425. The molecule has 1 aromatic heterocycles. The first kappa shape index (κ1) is 13.6. The molecule has 1 saturated heterocycles. The van der Waals surface area contributed by atoms with Crippen LogP contribution in [-0.4, -0.2) is 44.2 Å². The second-order valence-electron chi connectivity index (χ2n) is 4.74. The highest BCUT2D eigenvalue weighted by molar-refractivity contribution is 5.93. The molecule has 0 spiro atoms. The van der Waals surface area contributed by atoms with Gasteiger partial charge in [0.05, 0.1) is 25.7 Å². The minimum Gasteiger partial charge on any atom is -0.497 e. The number of ether oxygens (including phenoxy) is 2. The van der Waals surface area contributed by atoms with Crippen LogP contribution in [0.25, 0.3) is 11.0 Å². The second-order valence-corrected chi connectivity index (χ2v) is 4.74. The summed E-state index contributed by atoms with van der Waals surface area (Å²) in [4.78, 5) is 26.1. The molecule has 2 heterocycles. The first-order chi connectivity index (χ1) is 10.2. The number of nitrogens with zero attached hydrogens (tertiary/aromatic N) is 1. The monoisotopic (exact) mass is 289 g/mol. The molecule has 21 heavy (non-hydrogen) atoms. The quantitative estimate of drug-likeness (QED) is 0.833. The summed E-state index contributed by atoms with van der Waals surface area (Å²) in [7, 11) is 1.53. The lowest BCUT2D eigenvalue weighted by atomic mass is 10.2. The summed E-state index contributed by atoms with van der Waals surface area (Å²) in [5.74, 6) is 0.324. The Labute approximate surface area is 120 Å². The fourth-order valence-corrected chi connectivity index (χ4v) is 2.29. The van der Waals surface area contributed by atoms with E-state index in [0.717, 1.165) is 0 Å². The van der Waals surface area contributed by atoms with Crippen LogP contribution in [0.2, 0.25) is 0 Å². The number of fused-ring (bicyclic) bond motifs is 1. The molecule has 0 N–H and O–H groups in total. The van der Waals surface area contributed by atoms with E-state index < -0.39 is 0 Å². The van der Waals surface area contributed by atoms with Gasteiger partial charge in [-0.1, -0.05) is 0 Å². The van der Waals surface area contributed by atoms with Crippen molar-refractivity contribution in [2.45, 2.75) is 0 Å². The summed E-state index contributed by atoms with van der Waals surface area (Å²) in [6.45, 7) is 1.99. The molecular formula is C15H15NO5. The van der Waals surface area contributed by atoms with Crippen molar-refractivity contribution in [1.29, 1.82) is 0 Å². The number of carbonyl (C=O) groups is 1. The van der Waals surface area contributed by atoms with Crippen molar-refractivity contribution in [3.63, 3.8) is 0 Å². The fraction of sp³-hybridized carbons (Fsp3) is 0.333. The summed E-state index contributed by atoms with van der Waals surface area (Å²) < 4.78 is 15.9. The number of amides is 1. The van der Waals surface area contributed by atoms with Gasteiger partial charge >= 0.3 is 0 Å². The van der Waals surface area contributed by atoms with Gasteiger partial charge in [-0.25, -0.2) is 0 Å². The van der Waals surface area contributed by atoms with Crippen LogP contribution in [-0.2, 0) is 4.74 Å². The smallest absolute Gasteiger partial charge is 0.289 e. The van der Waals surface area contributed by atoms with E-state index in [0.29, 0.717) is 43.0 Å². The molecule has 0 unspecified atom stereocenters. The Balaban J connectivity index is 2.02. The molecular weight excluding hydrogens is 274 g/mol. The summed E-state index contributed by atoms with van der Waals surface area (Å²) in [6.07, 6.45) is 0. The minimum absolute atomic E-state index is 0.0441. The minimum atomic E-state index is -0.292. The zero-order chi connectivity index (χ0) is 14.8. The van der Waals surface area contributed by atoms with E-state index in [1.54, 1.807) is 23.1 Å². The molecule has 0 bridgehead atoms. The highest BCUT2D eigenvalue weighted by atomic mass is 16.5. The highest BCUT2D eigenvalue weighted by Gasteiger charge is 2.21. The van der Waals surface area contributed by atoms with Gasteiger partial charge in [-0.15, -0.1) is 0 Å². The van der Waals surface area contributed by atoms with Crippen LogP contribution in [0.3, 0.4) is 0 Å². The van der Waals surface area contributed by atoms with Gasteiger partial charge < -0.3 is 18.8 Å². The Bertz CT molecular complexity index is 730. The SMILES string of the molecule is COc1ccc2c(=O)cc(C(=O)N3CCOCC3)oc2c1. The first-order valence-corrected chi connectivity index (χ1v) is 6.68. The van der Waals surface area contributed by atoms with Gasteiger partial charge in [-0.2, -0.15) is 0 Å². The van der Waals surface area contributed by atoms with Gasteiger partial charge in [0.1, 0.15) is 11.3 Å². The molecule has 110 valence electrons. The third-order valence-electron chi connectivity index (χ3n) is 3.45. The normalized spacial score (nSPS) is 15.2. The van der Waals surface area contributed by atoms with Crippen molar-refractivity contribution >= 4 is 16.9 Å². The van der Waals surface area contributed by atoms with Crippen LogP contribution >= 0.6 is 0 Å². The van der Waals surface area contributed by atoms with Crippen LogP contribution < -0.4 is 10.2 Å². The van der Waals surface area contributed by atoms with Crippen molar-refractivity contribution in [1.82, 2.24) is 4.90 Å². The summed E-state index contributed by atoms with van der Waals surface area (Å²) in [5.41, 5.74) is 0.106. The maximum absolute atomic E-state index is 12.4.